The van der Waals surface area contributed by atoms with Crippen molar-refractivity contribution in [1.82, 2.24) is 10.2 Å². The standard InChI is InChI=1S/C47H42N2O9S/c1-28-21-33(54-2)14-17-35(28)43-36-16-11-31(51)23-40(36)58-41-24-34(15-18-37(41)43)56-26-30-9-12-32(13-10-30)57-27-38-39(25-50)49-44(53)47(55-3,45(49)59-46(38)19-20-46)48-42(52)22-29-7-5-4-6-8-29/h4-18,21,23-24,45,50H,19-20,22,25-27H2,1-3H3,(H,48,52)/t45-,47+/m1/s1. The van der Waals surface area contributed by atoms with Gasteiger partial charge in [-0.05, 0) is 90.6 Å². The zero-order valence-electron chi connectivity index (χ0n) is 32.8. The number of aliphatic hydroxyl groups is 1. The van der Waals surface area contributed by atoms with Gasteiger partial charge in [0.2, 0.25) is 5.91 Å². The molecule has 11 nitrogen and oxygen atoms in total. The molecule has 59 heavy (non-hydrogen) atoms. The molecule has 0 radical (unpaired) electrons. The molecule has 2 N–H and O–H groups in total. The maximum absolute atomic E-state index is 13.7. The Hall–Kier alpha value is -6.08. The summed E-state index contributed by atoms with van der Waals surface area (Å²) < 4.78 is 29.7. The van der Waals surface area contributed by atoms with E-state index in [4.69, 9.17) is 23.4 Å². The molecule has 0 bridgehead atoms. The van der Waals surface area contributed by atoms with Crippen molar-refractivity contribution in [2.75, 3.05) is 27.4 Å². The van der Waals surface area contributed by atoms with Gasteiger partial charge in [0.25, 0.3) is 11.6 Å². The molecule has 0 unspecified atom stereocenters. The number of aryl methyl sites for hydroxylation is 1. The number of hydrogen-bond acceptors (Lipinski definition) is 10. The first kappa shape index (κ1) is 38.4. The highest BCUT2D eigenvalue weighted by Gasteiger charge is 2.70. The number of fused-ring (bicyclic) bond motifs is 3. The first-order valence-corrected chi connectivity index (χ1v) is 20.3. The van der Waals surface area contributed by atoms with Crippen molar-refractivity contribution in [2.24, 2.45) is 0 Å². The molecular formula is C47H42N2O9S. The van der Waals surface area contributed by atoms with Gasteiger partial charge in [0.1, 0.15) is 47.2 Å². The normalized spacial score (nSPS) is 19.1. The van der Waals surface area contributed by atoms with E-state index in [0.717, 1.165) is 62.9 Å². The summed E-state index contributed by atoms with van der Waals surface area (Å²) >= 11 is 1.58. The molecule has 1 saturated heterocycles. The van der Waals surface area contributed by atoms with Gasteiger partial charge in [-0.3, -0.25) is 19.3 Å². The van der Waals surface area contributed by atoms with Crippen molar-refractivity contribution in [3.8, 4) is 39.7 Å². The number of hydrogen-bond donors (Lipinski definition) is 2. The Morgan fingerprint density at radius 3 is 2.29 bits per heavy atom. The number of β-lactam (4-membered cyclic amide) rings is 1. The second-order valence-corrected chi connectivity index (χ2v) is 16.5. The Morgan fingerprint density at radius 1 is 0.847 bits per heavy atom. The fourth-order valence-corrected chi connectivity index (χ4v) is 10.0. The monoisotopic (exact) mass is 810 g/mol. The molecule has 2 aliphatic carbocycles. The van der Waals surface area contributed by atoms with Crippen molar-refractivity contribution < 1.29 is 38.1 Å². The van der Waals surface area contributed by atoms with Crippen LogP contribution in [0, 0.1) is 6.92 Å². The lowest BCUT2D eigenvalue weighted by molar-refractivity contribution is -0.192. The minimum absolute atomic E-state index is 0.114. The van der Waals surface area contributed by atoms with E-state index in [9.17, 15) is 19.5 Å². The van der Waals surface area contributed by atoms with Gasteiger partial charge in [-0.25, -0.2) is 0 Å². The Bertz CT molecular complexity index is 2660. The highest BCUT2D eigenvalue weighted by molar-refractivity contribution is 8.02. The van der Waals surface area contributed by atoms with E-state index in [1.54, 1.807) is 29.8 Å². The molecule has 0 aromatic heterocycles. The van der Waals surface area contributed by atoms with E-state index in [2.05, 4.69) is 5.32 Å². The lowest BCUT2D eigenvalue weighted by Gasteiger charge is -2.58. The Balaban J connectivity index is 0.885. The predicted molar refractivity (Wildman–Crippen MR) is 224 cm³/mol. The third-order valence-electron chi connectivity index (χ3n) is 11.4. The van der Waals surface area contributed by atoms with Gasteiger partial charge in [-0.1, -0.05) is 48.5 Å². The third kappa shape index (κ3) is 6.90. The van der Waals surface area contributed by atoms with Crippen molar-refractivity contribution in [2.45, 2.75) is 48.6 Å². The predicted octanol–water partition coefficient (Wildman–Crippen LogP) is 7.24. The molecule has 1 spiro atoms. The van der Waals surface area contributed by atoms with E-state index >= 15 is 0 Å². The summed E-state index contributed by atoms with van der Waals surface area (Å²) in [6, 6.07) is 33.5. The summed E-state index contributed by atoms with van der Waals surface area (Å²) in [6.45, 7) is 2.16. The van der Waals surface area contributed by atoms with Crippen LogP contribution in [-0.4, -0.2) is 65.1 Å². The van der Waals surface area contributed by atoms with Gasteiger partial charge < -0.3 is 33.8 Å². The van der Waals surface area contributed by atoms with Crippen LogP contribution < -0.4 is 25.0 Å². The second kappa shape index (κ2) is 15.3. The topological polar surface area (TPSA) is 137 Å². The molecule has 2 fully saturated rings. The minimum Gasteiger partial charge on any atom is -0.497 e. The maximum Gasteiger partial charge on any atom is 0.284 e. The number of methoxy groups -OCH3 is 2. The van der Waals surface area contributed by atoms with Gasteiger partial charge in [-0.15, -0.1) is 11.8 Å². The molecule has 4 aromatic rings. The van der Waals surface area contributed by atoms with Gasteiger partial charge in [0, 0.05) is 46.1 Å². The quantitative estimate of drug-likeness (QED) is 0.0699. The first-order chi connectivity index (χ1) is 28.6. The van der Waals surface area contributed by atoms with Crippen LogP contribution in [0.15, 0.2) is 130 Å². The van der Waals surface area contributed by atoms with Crippen LogP contribution in [0.4, 0.5) is 0 Å². The van der Waals surface area contributed by atoms with E-state index in [0.29, 0.717) is 28.5 Å². The number of carbonyl (C=O) groups is 2. The van der Waals surface area contributed by atoms with Crippen LogP contribution in [0.25, 0.3) is 33.4 Å². The van der Waals surface area contributed by atoms with E-state index in [1.165, 1.54) is 13.2 Å². The van der Waals surface area contributed by atoms with E-state index in [-0.39, 0.29) is 42.3 Å². The van der Waals surface area contributed by atoms with Crippen LogP contribution in [0.3, 0.4) is 0 Å². The number of aliphatic hydroxyl groups excluding tert-OH is 1. The summed E-state index contributed by atoms with van der Waals surface area (Å²) in [5.41, 5.74) is 5.90. The average Bonchev–Trinajstić information content (AvgIpc) is 4.03. The van der Waals surface area contributed by atoms with Gasteiger partial charge in [0.15, 0.2) is 5.43 Å². The second-order valence-electron chi connectivity index (χ2n) is 15.1. The van der Waals surface area contributed by atoms with Gasteiger partial charge in [-0.2, -0.15) is 0 Å². The molecule has 12 heteroatoms. The zero-order valence-corrected chi connectivity index (χ0v) is 33.6. The SMILES string of the molecule is COc1ccc(-c2c3ccc(=O)cc-3oc3cc(OCc4ccc(OCC5=C(CO)N6C(=O)[C@](NC(=O)Cc7ccccc7)(OC)[C@H]6SC56CC6)cc4)ccc23)c(C)c1. The number of thioether (sulfide) groups is 1. The Morgan fingerprint density at radius 2 is 1.58 bits per heavy atom. The van der Waals surface area contributed by atoms with Crippen molar-refractivity contribution >= 4 is 34.5 Å². The van der Waals surface area contributed by atoms with Crippen LogP contribution in [-0.2, 0) is 27.4 Å². The molecule has 9 rings (SSSR count). The highest BCUT2D eigenvalue weighted by atomic mass is 32.2. The largest absolute Gasteiger partial charge is 0.497 e. The molecular weight excluding hydrogens is 769 g/mol. The van der Waals surface area contributed by atoms with Gasteiger partial charge in [0.05, 0.1) is 25.8 Å². The van der Waals surface area contributed by atoms with Crippen LogP contribution in [0.1, 0.15) is 29.5 Å². The van der Waals surface area contributed by atoms with Crippen LogP contribution in [0.2, 0.25) is 0 Å². The number of nitrogens with one attached hydrogen (secondary N) is 1. The van der Waals surface area contributed by atoms with Gasteiger partial charge >= 0.3 is 0 Å². The molecule has 2 amide bonds. The number of nitrogens with zero attached hydrogens (tertiary/aromatic N) is 1. The zero-order chi connectivity index (χ0) is 40.9. The molecule has 1 saturated carbocycles. The number of benzene rings is 5. The fourth-order valence-electron chi connectivity index (χ4n) is 8.18. The van der Waals surface area contributed by atoms with Crippen LogP contribution in [0.5, 0.6) is 17.2 Å². The molecule has 3 heterocycles. The molecule has 3 aliphatic heterocycles. The van der Waals surface area contributed by atoms with Crippen molar-refractivity contribution in [3.05, 3.63) is 147 Å². The molecule has 4 aromatic carbocycles. The third-order valence-corrected chi connectivity index (χ3v) is 13.3. The highest BCUT2D eigenvalue weighted by Crippen LogP contribution is 2.64. The molecule has 5 aliphatic rings. The van der Waals surface area contributed by atoms with E-state index in [1.807, 2.05) is 104 Å². The fraction of sp³-hybridized carbons (Fsp3) is 0.255. The summed E-state index contributed by atoms with van der Waals surface area (Å²) in [4.78, 5) is 40.7. The summed E-state index contributed by atoms with van der Waals surface area (Å²) in [6.07, 6.45) is 1.82. The number of rotatable bonds is 13. The maximum atomic E-state index is 13.7. The number of amides is 2. The summed E-state index contributed by atoms with van der Waals surface area (Å²) in [5, 5.41) is 13.8. The smallest absolute Gasteiger partial charge is 0.284 e. The van der Waals surface area contributed by atoms with Crippen molar-refractivity contribution in [1.29, 1.82) is 0 Å². The lowest BCUT2D eigenvalue weighted by Crippen LogP contribution is -2.81. The Labute approximate surface area is 344 Å². The summed E-state index contributed by atoms with van der Waals surface area (Å²) in [7, 11) is 3.07. The number of carbonyl (C=O) groups excluding carboxylic acids is 2. The Kier molecular flexibility index (Phi) is 9.94. The lowest BCUT2D eigenvalue weighted by atomic mass is 9.91. The van der Waals surface area contributed by atoms with Crippen LogP contribution >= 0.6 is 11.8 Å². The number of ether oxygens (including phenoxy) is 4. The average molecular weight is 811 g/mol. The molecule has 300 valence electrons. The van der Waals surface area contributed by atoms with Crippen molar-refractivity contribution in [3.63, 3.8) is 0 Å². The summed E-state index contributed by atoms with van der Waals surface area (Å²) in [5.74, 6) is 1.76. The molecule has 2 atom stereocenters. The minimum atomic E-state index is -1.52. The van der Waals surface area contributed by atoms with E-state index < -0.39 is 17.0 Å². The first-order valence-electron chi connectivity index (χ1n) is 19.4.